The largest absolute Gasteiger partial charge is 0.383 e. The molecule has 5 rings (SSSR count). The molecule has 2 aromatic heterocycles. The summed E-state index contributed by atoms with van der Waals surface area (Å²) in [5.74, 6) is 1.56. The van der Waals surface area contributed by atoms with E-state index in [1.165, 1.54) is 11.3 Å². The van der Waals surface area contributed by atoms with Crippen LogP contribution >= 0.6 is 22.9 Å². The Morgan fingerprint density at radius 1 is 1.03 bits per heavy atom. The number of aryl methyl sites for hydroxylation is 2. The molecule has 30 heavy (non-hydrogen) atoms. The van der Waals surface area contributed by atoms with E-state index in [1.54, 1.807) is 0 Å². The average Bonchev–Trinajstić information content (AvgIpc) is 3.29. The van der Waals surface area contributed by atoms with Gasteiger partial charge in [0.2, 0.25) is 0 Å². The van der Waals surface area contributed by atoms with Crippen molar-refractivity contribution in [3.05, 3.63) is 98.4 Å². The summed E-state index contributed by atoms with van der Waals surface area (Å²) in [4.78, 5) is 5.68. The third kappa shape index (κ3) is 3.17. The van der Waals surface area contributed by atoms with Gasteiger partial charge in [-0.15, -0.1) is 21.5 Å². The SMILES string of the molecule is Cc1ccc(C(O)c2cc3c(s2)-n2c(C)nnc2CN=C3c2ccccc2Cl)cc1. The number of aliphatic imine (C=N–C) groups is 1. The molecule has 2 aromatic carbocycles. The van der Waals surface area contributed by atoms with Crippen LogP contribution in [0.1, 0.15) is 44.9 Å². The predicted molar refractivity (Wildman–Crippen MR) is 120 cm³/mol. The van der Waals surface area contributed by atoms with Crippen LogP contribution in [0, 0.1) is 13.8 Å². The maximum absolute atomic E-state index is 11.1. The lowest BCUT2D eigenvalue weighted by Crippen LogP contribution is -2.06. The summed E-state index contributed by atoms with van der Waals surface area (Å²) in [6.07, 6.45) is -0.727. The zero-order valence-corrected chi connectivity index (χ0v) is 18.1. The van der Waals surface area contributed by atoms with E-state index in [2.05, 4.69) is 10.2 Å². The van der Waals surface area contributed by atoms with Gasteiger partial charge < -0.3 is 5.11 Å². The molecule has 0 fully saturated rings. The van der Waals surface area contributed by atoms with Crippen molar-refractivity contribution in [2.45, 2.75) is 26.5 Å². The number of aliphatic hydroxyl groups is 1. The number of thiophene rings is 1. The van der Waals surface area contributed by atoms with Gasteiger partial charge in [0, 0.05) is 21.0 Å². The van der Waals surface area contributed by atoms with Crippen molar-refractivity contribution in [2.24, 2.45) is 4.99 Å². The Labute approximate surface area is 183 Å². The Kier molecular flexibility index (Phi) is 4.77. The molecular weight excluding hydrogens is 416 g/mol. The number of halogens is 1. The van der Waals surface area contributed by atoms with Crippen molar-refractivity contribution in [1.29, 1.82) is 0 Å². The molecule has 4 aromatic rings. The number of hydrogen-bond donors (Lipinski definition) is 1. The maximum Gasteiger partial charge on any atom is 0.160 e. The molecule has 0 aliphatic carbocycles. The van der Waals surface area contributed by atoms with Gasteiger partial charge in [-0.25, -0.2) is 0 Å². The Balaban J connectivity index is 1.69. The summed E-state index contributed by atoms with van der Waals surface area (Å²) in [6.45, 7) is 4.38. The summed E-state index contributed by atoms with van der Waals surface area (Å²) in [7, 11) is 0. The number of aromatic nitrogens is 3. The summed E-state index contributed by atoms with van der Waals surface area (Å²) in [5, 5.41) is 21.2. The minimum absolute atomic E-state index is 0.415. The van der Waals surface area contributed by atoms with Crippen LogP contribution in [0.3, 0.4) is 0 Å². The van der Waals surface area contributed by atoms with E-state index in [9.17, 15) is 5.11 Å². The molecule has 7 heteroatoms. The fourth-order valence-electron chi connectivity index (χ4n) is 3.67. The fraction of sp³-hybridized carbons (Fsp3) is 0.174. The van der Waals surface area contributed by atoms with Gasteiger partial charge in [-0.3, -0.25) is 9.56 Å². The number of benzene rings is 2. The van der Waals surface area contributed by atoms with Crippen molar-refractivity contribution in [3.63, 3.8) is 0 Å². The van der Waals surface area contributed by atoms with Crippen molar-refractivity contribution >= 4 is 28.6 Å². The second-order valence-corrected chi connectivity index (χ2v) is 8.79. The second kappa shape index (κ2) is 7.47. The Morgan fingerprint density at radius 2 is 1.80 bits per heavy atom. The van der Waals surface area contributed by atoms with Crippen molar-refractivity contribution < 1.29 is 5.11 Å². The quantitative estimate of drug-likeness (QED) is 0.491. The summed E-state index contributed by atoms with van der Waals surface area (Å²) in [5.41, 5.74) is 4.61. The Morgan fingerprint density at radius 3 is 2.57 bits per heavy atom. The topological polar surface area (TPSA) is 63.3 Å². The van der Waals surface area contributed by atoms with Crippen LogP contribution in [-0.2, 0) is 6.54 Å². The van der Waals surface area contributed by atoms with Gasteiger partial charge in [0.25, 0.3) is 0 Å². The number of aliphatic hydroxyl groups excluding tert-OH is 1. The van der Waals surface area contributed by atoms with Gasteiger partial charge in [-0.2, -0.15) is 0 Å². The first-order valence-electron chi connectivity index (χ1n) is 9.62. The summed E-state index contributed by atoms with van der Waals surface area (Å²) >= 11 is 8.04. The summed E-state index contributed by atoms with van der Waals surface area (Å²) in [6, 6.07) is 17.7. The van der Waals surface area contributed by atoms with Gasteiger partial charge >= 0.3 is 0 Å². The van der Waals surface area contributed by atoms with Crippen LogP contribution in [0.15, 0.2) is 59.6 Å². The standard InChI is InChI=1S/C23H19ClN4OS/c1-13-7-9-15(10-8-13)22(29)19-11-17-21(16-5-3-4-6-18(16)24)25-12-20-27-26-14(2)28(20)23(17)30-19/h3-11,22,29H,12H2,1-2H3. The smallest absolute Gasteiger partial charge is 0.160 e. The van der Waals surface area contributed by atoms with Crippen LogP contribution in [0.25, 0.3) is 5.00 Å². The van der Waals surface area contributed by atoms with Crippen LogP contribution in [-0.4, -0.2) is 25.6 Å². The number of rotatable bonds is 3. The molecule has 1 aliphatic rings. The molecule has 1 unspecified atom stereocenters. The molecule has 5 nitrogen and oxygen atoms in total. The predicted octanol–water partition coefficient (Wildman–Crippen LogP) is 5.03. The first kappa shape index (κ1) is 19.2. The monoisotopic (exact) mass is 434 g/mol. The molecule has 0 amide bonds. The van der Waals surface area contributed by atoms with E-state index in [4.69, 9.17) is 16.6 Å². The van der Waals surface area contributed by atoms with E-state index < -0.39 is 6.10 Å². The highest BCUT2D eigenvalue weighted by Crippen LogP contribution is 2.38. The molecular formula is C23H19ClN4OS. The molecule has 1 aliphatic heterocycles. The zero-order valence-electron chi connectivity index (χ0n) is 16.5. The minimum Gasteiger partial charge on any atom is -0.383 e. The van der Waals surface area contributed by atoms with Gasteiger partial charge in [0.1, 0.15) is 23.5 Å². The molecule has 150 valence electrons. The van der Waals surface area contributed by atoms with Crippen molar-refractivity contribution in [1.82, 2.24) is 14.8 Å². The lowest BCUT2D eigenvalue weighted by molar-refractivity contribution is 0.224. The normalized spacial score (nSPS) is 13.9. The van der Waals surface area contributed by atoms with Gasteiger partial charge in [0.05, 0.1) is 5.71 Å². The third-order valence-corrected chi connectivity index (χ3v) is 6.75. The van der Waals surface area contributed by atoms with Gasteiger partial charge in [-0.1, -0.05) is 59.6 Å². The van der Waals surface area contributed by atoms with Gasteiger partial charge in [-0.05, 0) is 31.5 Å². The molecule has 0 saturated carbocycles. The van der Waals surface area contributed by atoms with E-state index in [0.717, 1.165) is 49.5 Å². The Bertz CT molecular complexity index is 1270. The first-order chi connectivity index (χ1) is 14.5. The molecule has 0 bridgehead atoms. The highest BCUT2D eigenvalue weighted by atomic mass is 35.5. The molecule has 3 heterocycles. The molecule has 0 radical (unpaired) electrons. The number of nitrogens with zero attached hydrogens (tertiary/aromatic N) is 4. The van der Waals surface area contributed by atoms with Crippen molar-refractivity contribution in [2.75, 3.05) is 0 Å². The molecule has 0 saturated heterocycles. The van der Waals surface area contributed by atoms with Crippen molar-refractivity contribution in [3.8, 4) is 5.00 Å². The highest BCUT2D eigenvalue weighted by Gasteiger charge is 2.27. The highest BCUT2D eigenvalue weighted by molar-refractivity contribution is 7.15. The fourth-order valence-corrected chi connectivity index (χ4v) is 5.14. The lowest BCUT2D eigenvalue weighted by Gasteiger charge is -2.09. The zero-order chi connectivity index (χ0) is 20.8. The van der Waals surface area contributed by atoms with E-state index in [0.29, 0.717) is 11.6 Å². The molecule has 1 atom stereocenters. The lowest BCUT2D eigenvalue weighted by atomic mass is 10.0. The minimum atomic E-state index is -0.727. The second-order valence-electron chi connectivity index (χ2n) is 7.32. The van der Waals surface area contributed by atoms with Crippen LogP contribution in [0.2, 0.25) is 5.02 Å². The number of hydrogen-bond acceptors (Lipinski definition) is 5. The average molecular weight is 435 g/mol. The first-order valence-corrected chi connectivity index (χ1v) is 10.8. The van der Waals surface area contributed by atoms with E-state index >= 15 is 0 Å². The van der Waals surface area contributed by atoms with Gasteiger partial charge in [0.15, 0.2) is 5.82 Å². The maximum atomic E-state index is 11.1. The van der Waals surface area contributed by atoms with E-state index in [-0.39, 0.29) is 0 Å². The molecule has 1 N–H and O–H groups in total. The van der Waals surface area contributed by atoms with Crippen LogP contribution in [0.5, 0.6) is 0 Å². The number of fused-ring (bicyclic) bond motifs is 3. The third-order valence-electron chi connectivity index (χ3n) is 5.25. The van der Waals surface area contributed by atoms with Crippen LogP contribution in [0.4, 0.5) is 0 Å². The van der Waals surface area contributed by atoms with E-state index in [1.807, 2.05) is 73.0 Å². The molecule has 0 spiro atoms. The Hall–Kier alpha value is -2.80. The van der Waals surface area contributed by atoms with Crippen LogP contribution < -0.4 is 0 Å². The summed E-state index contributed by atoms with van der Waals surface area (Å²) < 4.78 is 2.03.